The Morgan fingerprint density at radius 2 is 2.13 bits per heavy atom. The Morgan fingerprint density at radius 1 is 1.27 bits per heavy atom. The van der Waals surface area contributed by atoms with Crippen molar-refractivity contribution in [2.24, 2.45) is 11.8 Å². The van der Waals surface area contributed by atoms with Crippen LogP contribution in [0.1, 0.15) is 38.5 Å². The highest BCUT2D eigenvalue weighted by Gasteiger charge is 2.23. The fourth-order valence-electron chi connectivity index (χ4n) is 2.28. The van der Waals surface area contributed by atoms with Gasteiger partial charge in [-0.05, 0) is 31.7 Å². The van der Waals surface area contributed by atoms with Gasteiger partial charge in [0.25, 0.3) is 0 Å². The Morgan fingerprint density at radius 3 is 2.73 bits per heavy atom. The second-order valence-electron chi connectivity index (χ2n) is 4.80. The van der Waals surface area contributed by atoms with E-state index in [-0.39, 0.29) is 11.9 Å². The first-order valence-electron chi connectivity index (χ1n) is 6.23. The molecule has 0 aromatic rings. The number of hydrogen-bond donors (Lipinski definition) is 1. The van der Waals surface area contributed by atoms with Gasteiger partial charge in [0.1, 0.15) is 0 Å². The highest BCUT2D eigenvalue weighted by molar-refractivity contribution is 5.72. The van der Waals surface area contributed by atoms with Crippen molar-refractivity contribution in [3.63, 3.8) is 0 Å². The van der Waals surface area contributed by atoms with Crippen molar-refractivity contribution in [1.82, 2.24) is 5.32 Å². The second-order valence-corrected chi connectivity index (χ2v) is 4.80. The zero-order valence-electron chi connectivity index (χ0n) is 9.34. The van der Waals surface area contributed by atoms with E-state index in [4.69, 9.17) is 4.74 Å². The second kappa shape index (κ2) is 5.50. The molecule has 2 fully saturated rings. The molecule has 0 aromatic heterocycles. The largest absolute Gasteiger partial charge is 0.465 e. The van der Waals surface area contributed by atoms with Crippen molar-refractivity contribution in [2.45, 2.75) is 38.5 Å². The molecule has 1 atom stereocenters. The van der Waals surface area contributed by atoms with Crippen LogP contribution in [0, 0.1) is 11.8 Å². The molecule has 0 amide bonds. The van der Waals surface area contributed by atoms with Crippen LogP contribution in [0.5, 0.6) is 0 Å². The summed E-state index contributed by atoms with van der Waals surface area (Å²) in [5.74, 6) is 0.962. The fraction of sp³-hybridized carbons (Fsp3) is 0.917. The van der Waals surface area contributed by atoms with E-state index in [1.807, 2.05) is 0 Å². The lowest BCUT2D eigenvalue weighted by atomic mass is 9.83. The topological polar surface area (TPSA) is 38.3 Å². The fourth-order valence-corrected chi connectivity index (χ4v) is 2.28. The molecule has 3 heteroatoms. The maximum absolute atomic E-state index is 11.6. The summed E-state index contributed by atoms with van der Waals surface area (Å²) in [6.07, 6.45) is 7.21. The van der Waals surface area contributed by atoms with E-state index in [0.717, 1.165) is 38.3 Å². The molecule has 86 valence electrons. The first-order valence-corrected chi connectivity index (χ1v) is 6.23. The van der Waals surface area contributed by atoms with Crippen molar-refractivity contribution in [3.05, 3.63) is 0 Å². The highest BCUT2D eigenvalue weighted by atomic mass is 16.5. The van der Waals surface area contributed by atoms with Crippen LogP contribution in [-0.4, -0.2) is 25.7 Å². The van der Waals surface area contributed by atoms with E-state index < -0.39 is 0 Å². The van der Waals surface area contributed by atoms with Crippen LogP contribution in [0.2, 0.25) is 0 Å². The first-order chi connectivity index (χ1) is 7.36. The van der Waals surface area contributed by atoms with Gasteiger partial charge in [-0.2, -0.15) is 0 Å². The van der Waals surface area contributed by atoms with Gasteiger partial charge in [0, 0.05) is 6.54 Å². The molecule has 1 heterocycles. The molecule has 2 rings (SSSR count). The Kier molecular flexibility index (Phi) is 4.01. The molecule has 1 saturated heterocycles. The van der Waals surface area contributed by atoms with E-state index >= 15 is 0 Å². The molecular formula is C12H21NO2. The smallest absolute Gasteiger partial charge is 0.310 e. The summed E-state index contributed by atoms with van der Waals surface area (Å²) in [6, 6.07) is 0. The van der Waals surface area contributed by atoms with Gasteiger partial charge < -0.3 is 10.1 Å². The summed E-state index contributed by atoms with van der Waals surface area (Å²) in [5, 5.41) is 3.24. The minimum absolute atomic E-state index is 0.0153. The standard InChI is InChI=1S/C12H21NO2/c14-12(11-5-2-7-13-9-11)15-8-6-10-3-1-4-10/h10-11,13H,1-9H2/t11-/m0/s1. The van der Waals surface area contributed by atoms with Gasteiger partial charge in [0.15, 0.2) is 0 Å². The number of carbonyl (C=O) groups is 1. The zero-order valence-corrected chi connectivity index (χ0v) is 9.34. The molecule has 1 N–H and O–H groups in total. The number of ether oxygens (including phenoxy) is 1. The number of nitrogens with one attached hydrogen (secondary N) is 1. The van der Waals surface area contributed by atoms with Gasteiger partial charge in [-0.3, -0.25) is 4.79 Å². The van der Waals surface area contributed by atoms with Crippen molar-refractivity contribution in [1.29, 1.82) is 0 Å². The summed E-state index contributed by atoms with van der Waals surface area (Å²) in [6.45, 7) is 2.49. The molecule has 3 nitrogen and oxygen atoms in total. The van der Waals surface area contributed by atoms with Crippen LogP contribution >= 0.6 is 0 Å². The number of esters is 1. The monoisotopic (exact) mass is 211 g/mol. The quantitative estimate of drug-likeness (QED) is 0.720. The molecule has 2 aliphatic rings. The van der Waals surface area contributed by atoms with E-state index in [1.54, 1.807) is 0 Å². The maximum Gasteiger partial charge on any atom is 0.310 e. The molecule has 0 aromatic carbocycles. The minimum Gasteiger partial charge on any atom is -0.465 e. The third-order valence-corrected chi connectivity index (χ3v) is 3.63. The molecule has 0 bridgehead atoms. The highest BCUT2D eigenvalue weighted by Crippen LogP contribution is 2.29. The third-order valence-electron chi connectivity index (χ3n) is 3.63. The number of rotatable bonds is 4. The number of carbonyl (C=O) groups excluding carboxylic acids is 1. The van der Waals surface area contributed by atoms with Crippen LogP contribution < -0.4 is 5.32 Å². The molecule has 0 unspecified atom stereocenters. The van der Waals surface area contributed by atoms with Crippen LogP contribution in [0.15, 0.2) is 0 Å². The third kappa shape index (κ3) is 3.20. The van der Waals surface area contributed by atoms with Gasteiger partial charge in [-0.25, -0.2) is 0 Å². The predicted molar refractivity (Wildman–Crippen MR) is 58.5 cm³/mol. The van der Waals surface area contributed by atoms with Crippen molar-refractivity contribution in [2.75, 3.05) is 19.7 Å². The van der Waals surface area contributed by atoms with Gasteiger partial charge in [0.05, 0.1) is 12.5 Å². The van der Waals surface area contributed by atoms with E-state index in [9.17, 15) is 4.79 Å². The van der Waals surface area contributed by atoms with Gasteiger partial charge in [-0.1, -0.05) is 19.3 Å². The average Bonchev–Trinajstić information content (AvgIpc) is 2.23. The summed E-state index contributed by atoms with van der Waals surface area (Å²) >= 11 is 0. The Labute approximate surface area is 91.6 Å². The molecule has 0 spiro atoms. The minimum atomic E-state index is 0.0153. The van der Waals surface area contributed by atoms with E-state index in [0.29, 0.717) is 6.61 Å². The van der Waals surface area contributed by atoms with Crippen molar-refractivity contribution < 1.29 is 9.53 Å². The molecule has 15 heavy (non-hydrogen) atoms. The molecule has 1 saturated carbocycles. The van der Waals surface area contributed by atoms with Crippen LogP contribution in [0.25, 0.3) is 0 Å². The van der Waals surface area contributed by atoms with Crippen LogP contribution in [0.4, 0.5) is 0 Å². The first kappa shape index (κ1) is 10.9. The Hall–Kier alpha value is -0.570. The summed E-state index contributed by atoms with van der Waals surface area (Å²) in [5.41, 5.74) is 0. The summed E-state index contributed by atoms with van der Waals surface area (Å²) in [7, 11) is 0. The van der Waals surface area contributed by atoms with E-state index in [2.05, 4.69) is 5.32 Å². The lowest BCUT2D eigenvalue weighted by Gasteiger charge is -2.26. The number of hydrogen-bond acceptors (Lipinski definition) is 3. The normalized spacial score (nSPS) is 27.1. The van der Waals surface area contributed by atoms with Crippen LogP contribution in [-0.2, 0) is 9.53 Å². The summed E-state index contributed by atoms with van der Waals surface area (Å²) < 4.78 is 5.31. The van der Waals surface area contributed by atoms with E-state index in [1.165, 1.54) is 19.3 Å². The molecule has 0 radical (unpaired) electrons. The predicted octanol–water partition coefficient (Wildman–Crippen LogP) is 1.72. The molecular weight excluding hydrogens is 190 g/mol. The van der Waals surface area contributed by atoms with Crippen molar-refractivity contribution in [3.8, 4) is 0 Å². The van der Waals surface area contributed by atoms with Crippen LogP contribution in [0.3, 0.4) is 0 Å². The lowest BCUT2D eigenvalue weighted by Crippen LogP contribution is -2.35. The van der Waals surface area contributed by atoms with Gasteiger partial charge >= 0.3 is 5.97 Å². The average molecular weight is 211 g/mol. The number of piperidine rings is 1. The molecule has 1 aliphatic carbocycles. The Balaban J connectivity index is 1.58. The van der Waals surface area contributed by atoms with Gasteiger partial charge in [0.2, 0.25) is 0 Å². The lowest BCUT2D eigenvalue weighted by molar-refractivity contribution is -0.149. The molecule has 1 aliphatic heterocycles. The Bertz CT molecular complexity index is 208. The SMILES string of the molecule is O=C(OCCC1CCC1)[C@H]1CCCNC1. The summed E-state index contributed by atoms with van der Waals surface area (Å²) in [4.78, 5) is 11.6. The van der Waals surface area contributed by atoms with Crippen molar-refractivity contribution >= 4 is 5.97 Å². The zero-order chi connectivity index (χ0) is 10.5. The maximum atomic E-state index is 11.6. The van der Waals surface area contributed by atoms with Gasteiger partial charge in [-0.15, -0.1) is 0 Å².